The highest BCUT2D eigenvalue weighted by atomic mass is 35.5. The van der Waals surface area contributed by atoms with Crippen LogP contribution in [0.25, 0.3) is 0 Å². The standard InChI is InChI=1S/C28H38ClN/c1-2-30(25-9-4-3-5-10-25)13-7-6-8-20-11-12-26(27(29)19-20)28-23-15-21-14-22(17-23)18-24(28)16-21/h11-12,19,21-25,28H,2-5,7,9-10,13-18H2,1H3. The van der Waals surface area contributed by atoms with Crippen molar-refractivity contribution >= 4 is 11.6 Å². The molecule has 0 amide bonds. The van der Waals surface area contributed by atoms with E-state index in [1.807, 2.05) is 0 Å². The molecule has 0 atom stereocenters. The summed E-state index contributed by atoms with van der Waals surface area (Å²) in [7, 11) is 0. The third kappa shape index (κ3) is 4.33. The highest BCUT2D eigenvalue weighted by Crippen LogP contribution is 2.60. The van der Waals surface area contributed by atoms with Gasteiger partial charge in [0.2, 0.25) is 0 Å². The summed E-state index contributed by atoms with van der Waals surface area (Å²) in [6, 6.07) is 7.49. The topological polar surface area (TPSA) is 3.24 Å². The van der Waals surface area contributed by atoms with E-state index in [1.54, 1.807) is 0 Å². The summed E-state index contributed by atoms with van der Waals surface area (Å²) in [5.41, 5.74) is 2.51. The lowest BCUT2D eigenvalue weighted by Gasteiger charge is -2.54. The predicted molar refractivity (Wildman–Crippen MR) is 127 cm³/mol. The second kappa shape index (κ2) is 9.26. The number of hydrogen-bond donors (Lipinski definition) is 0. The van der Waals surface area contributed by atoms with Crippen LogP contribution in [-0.2, 0) is 0 Å². The van der Waals surface area contributed by atoms with E-state index >= 15 is 0 Å². The first-order chi connectivity index (χ1) is 14.7. The molecular weight excluding hydrogens is 386 g/mol. The molecule has 1 aromatic carbocycles. The Bertz CT molecular complexity index is 769. The molecule has 5 aliphatic rings. The number of nitrogens with zero attached hydrogens (tertiary/aromatic N) is 1. The smallest absolute Gasteiger partial charge is 0.0453 e. The lowest BCUT2D eigenvalue weighted by molar-refractivity contribution is -0.00275. The third-order valence-corrected chi connectivity index (χ3v) is 9.17. The molecule has 0 radical (unpaired) electrons. The summed E-state index contributed by atoms with van der Waals surface area (Å²) in [4.78, 5) is 2.65. The molecule has 2 heteroatoms. The van der Waals surface area contributed by atoms with E-state index in [0.717, 1.165) is 59.8 Å². The van der Waals surface area contributed by atoms with E-state index in [2.05, 4.69) is 41.9 Å². The fourth-order valence-electron chi connectivity index (χ4n) is 7.72. The predicted octanol–water partition coefficient (Wildman–Crippen LogP) is 7.28. The van der Waals surface area contributed by atoms with Gasteiger partial charge in [0.05, 0.1) is 0 Å². The van der Waals surface area contributed by atoms with E-state index < -0.39 is 0 Å². The Morgan fingerprint density at radius 2 is 1.67 bits per heavy atom. The van der Waals surface area contributed by atoms with E-state index in [1.165, 1.54) is 69.8 Å². The largest absolute Gasteiger partial charge is 0.300 e. The highest BCUT2D eigenvalue weighted by molar-refractivity contribution is 6.31. The van der Waals surface area contributed by atoms with E-state index in [9.17, 15) is 0 Å². The molecule has 162 valence electrons. The van der Waals surface area contributed by atoms with Crippen LogP contribution in [0.2, 0.25) is 5.02 Å². The van der Waals surface area contributed by atoms with Crippen molar-refractivity contribution in [3.8, 4) is 11.8 Å². The molecule has 0 aliphatic heterocycles. The van der Waals surface area contributed by atoms with Gasteiger partial charge in [-0.3, -0.25) is 4.90 Å². The van der Waals surface area contributed by atoms with E-state index in [0.29, 0.717) is 5.92 Å². The van der Waals surface area contributed by atoms with Crippen molar-refractivity contribution in [2.24, 2.45) is 23.7 Å². The van der Waals surface area contributed by atoms with Crippen LogP contribution in [0.4, 0.5) is 0 Å². The van der Waals surface area contributed by atoms with Gasteiger partial charge in [0.1, 0.15) is 0 Å². The first kappa shape index (κ1) is 20.9. The minimum atomic E-state index is 0.709. The van der Waals surface area contributed by atoms with Gasteiger partial charge < -0.3 is 0 Å². The molecule has 4 bridgehead atoms. The molecule has 1 aromatic rings. The van der Waals surface area contributed by atoms with Crippen LogP contribution >= 0.6 is 11.6 Å². The molecule has 5 fully saturated rings. The summed E-state index contributed by atoms with van der Waals surface area (Å²) in [6.45, 7) is 4.55. The van der Waals surface area contributed by atoms with Crippen molar-refractivity contribution in [1.82, 2.24) is 4.90 Å². The average molecular weight is 424 g/mol. The molecule has 0 N–H and O–H groups in total. The van der Waals surface area contributed by atoms with Gasteiger partial charge in [-0.1, -0.05) is 55.7 Å². The first-order valence-corrected chi connectivity index (χ1v) is 13.1. The Kier molecular flexibility index (Phi) is 6.45. The minimum absolute atomic E-state index is 0.709. The van der Waals surface area contributed by atoms with Gasteiger partial charge in [0.25, 0.3) is 0 Å². The molecule has 0 unspecified atom stereocenters. The maximum absolute atomic E-state index is 6.83. The average Bonchev–Trinajstić information content (AvgIpc) is 2.75. The van der Waals surface area contributed by atoms with Crippen molar-refractivity contribution in [1.29, 1.82) is 0 Å². The van der Waals surface area contributed by atoms with Crippen molar-refractivity contribution < 1.29 is 0 Å². The van der Waals surface area contributed by atoms with Crippen LogP contribution in [0.15, 0.2) is 18.2 Å². The minimum Gasteiger partial charge on any atom is -0.300 e. The van der Waals surface area contributed by atoms with Crippen LogP contribution in [0.1, 0.15) is 94.6 Å². The van der Waals surface area contributed by atoms with Crippen LogP contribution in [0, 0.1) is 35.5 Å². The molecular formula is C28H38ClN. The van der Waals surface area contributed by atoms with Gasteiger partial charge >= 0.3 is 0 Å². The van der Waals surface area contributed by atoms with E-state index in [4.69, 9.17) is 11.6 Å². The SMILES string of the molecule is CCN(CCC#Cc1ccc(C2C3CC4CC(C3)CC2C4)c(Cl)c1)C1CCCCC1. The Labute approximate surface area is 188 Å². The van der Waals surface area contributed by atoms with Crippen molar-refractivity contribution in [3.05, 3.63) is 34.3 Å². The van der Waals surface area contributed by atoms with Gasteiger partial charge in [-0.15, -0.1) is 0 Å². The van der Waals surface area contributed by atoms with Gasteiger partial charge in [-0.25, -0.2) is 0 Å². The van der Waals surface area contributed by atoms with Gasteiger partial charge in [0.15, 0.2) is 0 Å². The zero-order valence-electron chi connectivity index (χ0n) is 18.7. The fraction of sp³-hybridized carbons (Fsp3) is 0.714. The van der Waals surface area contributed by atoms with Crippen molar-refractivity contribution in [3.63, 3.8) is 0 Å². The molecule has 0 spiro atoms. The summed E-state index contributed by atoms with van der Waals surface area (Å²) in [6.07, 6.45) is 15.3. The number of rotatable bonds is 5. The number of hydrogen-bond acceptors (Lipinski definition) is 1. The van der Waals surface area contributed by atoms with Crippen LogP contribution in [0.5, 0.6) is 0 Å². The highest BCUT2D eigenvalue weighted by Gasteiger charge is 2.48. The normalized spacial score (nSPS) is 33.0. The Morgan fingerprint density at radius 3 is 2.30 bits per heavy atom. The molecule has 5 saturated carbocycles. The van der Waals surface area contributed by atoms with Crippen molar-refractivity contribution in [2.45, 2.75) is 89.5 Å². The zero-order valence-corrected chi connectivity index (χ0v) is 19.5. The summed E-state index contributed by atoms with van der Waals surface area (Å²) in [5.74, 6) is 11.3. The summed E-state index contributed by atoms with van der Waals surface area (Å²) in [5, 5.41) is 0.969. The monoisotopic (exact) mass is 423 g/mol. The second-order valence-corrected chi connectivity index (χ2v) is 11.1. The Morgan fingerprint density at radius 1 is 0.967 bits per heavy atom. The molecule has 0 heterocycles. The maximum Gasteiger partial charge on any atom is 0.0453 e. The first-order valence-electron chi connectivity index (χ1n) is 12.7. The molecule has 30 heavy (non-hydrogen) atoms. The van der Waals surface area contributed by atoms with Gasteiger partial charge in [0, 0.05) is 29.6 Å². The van der Waals surface area contributed by atoms with Gasteiger partial charge in [-0.05, 0) is 98.8 Å². The molecule has 1 nitrogen and oxygen atoms in total. The van der Waals surface area contributed by atoms with Gasteiger partial charge in [-0.2, -0.15) is 0 Å². The molecule has 6 rings (SSSR count). The third-order valence-electron chi connectivity index (χ3n) is 8.84. The molecule has 0 saturated heterocycles. The molecule has 5 aliphatic carbocycles. The lowest BCUT2D eigenvalue weighted by Crippen LogP contribution is -2.43. The lowest BCUT2D eigenvalue weighted by atomic mass is 9.51. The number of halogens is 1. The number of benzene rings is 1. The Hall–Kier alpha value is -0.970. The zero-order chi connectivity index (χ0) is 20.5. The molecule has 0 aromatic heterocycles. The van der Waals surface area contributed by atoms with Crippen LogP contribution in [-0.4, -0.2) is 24.0 Å². The second-order valence-electron chi connectivity index (χ2n) is 10.7. The van der Waals surface area contributed by atoms with Crippen LogP contribution < -0.4 is 0 Å². The summed E-state index contributed by atoms with van der Waals surface area (Å²) >= 11 is 6.83. The Balaban J connectivity index is 1.21. The fourth-order valence-corrected chi connectivity index (χ4v) is 8.02. The van der Waals surface area contributed by atoms with Crippen LogP contribution in [0.3, 0.4) is 0 Å². The summed E-state index contributed by atoms with van der Waals surface area (Å²) < 4.78 is 0. The van der Waals surface area contributed by atoms with Crippen molar-refractivity contribution in [2.75, 3.05) is 13.1 Å². The maximum atomic E-state index is 6.83. The quantitative estimate of drug-likeness (QED) is 0.450. The van der Waals surface area contributed by atoms with E-state index in [-0.39, 0.29) is 0 Å².